The van der Waals surface area contributed by atoms with E-state index in [1.54, 1.807) is 18.2 Å². The van der Waals surface area contributed by atoms with E-state index in [9.17, 15) is 9.59 Å². The molecule has 0 spiro atoms. The van der Waals surface area contributed by atoms with Crippen LogP contribution >= 0.6 is 0 Å². The van der Waals surface area contributed by atoms with Gasteiger partial charge in [0, 0.05) is 0 Å². The monoisotopic (exact) mass is 411 g/mol. The lowest BCUT2D eigenvalue weighted by atomic mass is 9.78. The molecule has 30 heavy (non-hydrogen) atoms. The van der Waals surface area contributed by atoms with E-state index in [-0.39, 0.29) is 17.9 Å². The fraction of sp³-hybridized carbons (Fsp3) is 0.364. The quantitative estimate of drug-likeness (QED) is 0.599. The maximum atomic E-state index is 12.3. The first kappa shape index (κ1) is 21.9. The maximum Gasteiger partial charge on any atom is 0.494 e. The summed E-state index contributed by atoms with van der Waals surface area (Å²) in [5.41, 5.74) is 0.954. The molecule has 158 valence electrons. The second-order valence-corrected chi connectivity index (χ2v) is 8.07. The van der Waals surface area contributed by atoms with Gasteiger partial charge in [-0.3, -0.25) is 5.32 Å². The lowest BCUT2D eigenvalue weighted by molar-refractivity contribution is 0.00578. The summed E-state index contributed by atoms with van der Waals surface area (Å²) in [6.07, 6.45) is -0.685. The highest BCUT2D eigenvalue weighted by atomic mass is 16.7. The third-order valence-electron chi connectivity index (χ3n) is 5.42. The first-order valence-corrected chi connectivity index (χ1v) is 9.68. The van der Waals surface area contributed by atoms with E-state index < -0.39 is 30.4 Å². The van der Waals surface area contributed by atoms with Crippen LogP contribution in [0.4, 0.5) is 10.5 Å². The molecule has 0 atom stereocenters. The molecule has 0 saturated carbocycles. The smallest absolute Gasteiger partial charge is 0.465 e. The van der Waals surface area contributed by atoms with Crippen LogP contribution in [0.2, 0.25) is 0 Å². The molecule has 1 saturated heterocycles. The molecule has 7 nitrogen and oxygen atoms in total. The van der Waals surface area contributed by atoms with Gasteiger partial charge in [-0.15, -0.1) is 0 Å². The molecule has 1 amide bonds. The van der Waals surface area contributed by atoms with E-state index in [0.29, 0.717) is 5.46 Å². The van der Waals surface area contributed by atoms with E-state index in [2.05, 4.69) is 5.32 Å². The molecule has 0 bridgehead atoms. The summed E-state index contributed by atoms with van der Waals surface area (Å²) >= 11 is 0. The Bertz CT molecular complexity index is 912. The van der Waals surface area contributed by atoms with Gasteiger partial charge >= 0.3 is 19.2 Å². The van der Waals surface area contributed by atoms with Crippen molar-refractivity contribution in [1.82, 2.24) is 0 Å². The van der Waals surface area contributed by atoms with Gasteiger partial charge in [0.25, 0.3) is 0 Å². The summed E-state index contributed by atoms with van der Waals surface area (Å²) in [4.78, 5) is 24.5. The third kappa shape index (κ3) is 4.66. The fourth-order valence-electron chi connectivity index (χ4n) is 2.95. The Kier molecular flexibility index (Phi) is 6.19. The fourth-order valence-corrected chi connectivity index (χ4v) is 2.95. The number of amides is 1. The number of ether oxygens (including phenoxy) is 2. The molecule has 0 aromatic heterocycles. The molecule has 1 fully saturated rings. The van der Waals surface area contributed by atoms with Crippen molar-refractivity contribution in [3.63, 3.8) is 0 Å². The first-order valence-electron chi connectivity index (χ1n) is 9.68. The molecule has 0 unspecified atom stereocenters. The number of hydrogen-bond acceptors (Lipinski definition) is 6. The van der Waals surface area contributed by atoms with Gasteiger partial charge in [-0.2, -0.15) is 0 Å². The lowest BCUT2D eigenvalue weighted by Gasteiger charge is -2.32. The van der Waals surface area contributed by atoms with Gasteiger partial charge in [0.1, 0.15) is 6.61 Å². The number of benzene rings is 2. The predicted octanol–water partition coefficient (Wildman–Crippen LogP) is 3.52. The minimum absolute atomic E-state index is 0.108. The average molecular weight is 411 g/mol. The SMILES string of the molecule is COC(=O)c1ccc(B2OC(C)(C)C(C)(C)O2)cc1NC(=O)OCc1ccccc1. The molecule has 0 radical (unpaired) electrons. The van der Waals surface area contributed by atoms with E-state index >= 15 is 0 Å². The lowest BCUT2D eigenvalue weighted by Crippen LogP contribution is -2.41. The normalized spacial score (nSPS) is 16.8. The van der Waals surface area contributed by atoms with E-state index in [4.69, 9.17) is 18.8 Å². The second kappa shape index (κ2) is 8.49. The van der Waals surface area contributed by atoms with E-state index in [1.807, 2.05) is 58.0 Å². The predicted molar refractivity (Wildman–Crippen MR) is 114 cm³/mol. The number of carbonyl (C=O) groups excluding carboxylic acids is 2. The van der Waals surface area contributed by atoms with Crippen molar-refractivity contribution in [2.75, 3.05) is 12.4 Å². The van der Waals surface area contributed by atoms with Crippen molar-refractivity contribution >= 4 is 30.3 Å². The van der Waals surface area contributed by atoms with Crippen LogP contribution in [0.15, 0.2) is 48.5 Å². The number of nitrogens with one attached hydrogen (secondary N) is 1. The largest absolute Gasteiger partial charge is 0.494 e. The summed E-state index contributed by atoms with van der Waals surface area (Å²) in [5, 5.41) is 2.63. The highest BCUT2D eigenvalue weighted by Gasteiger charge is 2.51. The molecule has 1 heterocycles. The van der Waals surface area contributed by atoms with Crippen LogP contribution in [0.1, 0.15) is 43.6 Å². The number of hydrogen-bond donors (Lipinski definition) is 1. The average Bonchev–Trinajstić information content (AvgIpc) is 2.93. The molecule has 1 N–H and O–H groups in total. The summed E-state index contributed by atoms with van der Waals surface area (Å²) < 4.78 is 22.2. The maximum absolute atomic E-state index is 12.3. The number of carbonyl (C=O) groups is 2. The Morgan fingerprint density at radius 3 is 2.23 bits per heavy atom. The Hall–Kier alpha value is -2.84. The Labute approximate surface area is 176 Å². The van der Waals surface area contributed by atoms with E-state index in [1.165, 1.54) is 7.11 Å². The minimum Gasteiger partial charge on any atom is -0.465 e. The Morgan fingerprint density at radius 1 is 1.00 bits per heavy atom. The van der Waals surface area contributed by atoms with Gasteiger partial charge in [-0.1, -0.05) is 36.4 Å². The summed E-state index contributed by atoms with van der Waals surface area (Å²) in [6, 6.07) is 14.2. The molecule has 8 heteroatoms. The van der Waals surface area contributed by atoms with Crippen LogP contribution in [-0.2, 0) is 25.4 Å². The number of rotatable bonds is 5. The number of esters is 1. The van der Waals surface area contributed by atoms with Crippen molar-refractivity contribution in [3.05, 3.63) is 59.7 Å². The van der Waals surface area contributed by atoms with Crippen LogP contribution in [0, 0.1) is 0 Å². The molecule has 2 aromatic rings. The third-order valence-corrected chi connectivity index (χ3v) is 5.42. The van der Waals surface area contributed by atoms with E-state index in [0.717, 1.165) is 5.56 Å². The van der Waals surface area contributed by atoms with Crippen molar-refractivity contribution < 1.29 is 28.4 Å². The van der Waals surface area contributed by atoms with Crippen molar-refractivity contribution in [2.45, 2.75) is 45.5 Å². The topological polar surface area (TPSA) is 83.1 Å². The van der Waals surface area contributed by atoms with Gasteiger partial charge in [-0.05, 0) is 50.9 Å². The molecular formula is C22H26BNO6. The molecule has 1 aliphatic rings. The van der Waals surface area contributed by atoms with Crippen molar-refractivity contribution in [3.8, 4) is 0 Å². The summed E-state index contributed by atoms with van der Waals surface area (Å²) in [6.45, 7) is 7.93. The van der Waals surface area contributed by atoms with Crippen LogP contribution < -0.4 is 10.8 Å². The Morgan fingerprint density at radius 2 is 1.63 bits per heavy atom. The van der Waals surface area contributed by atoms with Crippen LogP contribution in [-0.4, -0.2) is 37.5 Å². The van der Waals surface area contributed by atoms with Crippen molar-refractivity contribution in [2.24, 2.45) is 0 Å². The molecule has 2 aromatic carbocycles. The van der Waals surface area contributed by atoms with Crippen LogP contribution in [0.5, 0.6) is 0 Å². The molecule has 3 rings (SSSR count). The highest BCUT2D eigenvalue weighted by Crippen LogP contribution is 2.36. The molecule has 1 aliphatic heterocycles. The highest BCUT2D eigenvalue weighted by molar-refractivity contribution is 6.62. The van der Waals surface area contributed by atoms with Crippen molar-refractivity contribution in [1.29, 1.82) is 0 Å². The van der Waals surface area contributed by atoms with Crippen LogP contribution in [0.25, 0.3) is 0 Å². The zero-order valence-corrected chi connectivity index (χ0v) is 17.9. The number of anilines is 1. The first-order chi connectivity index (χ1) is 14.1. The minimum atomic E-state index is -0.685. The second-order valence-electron chi connectivity index (χ2n) is 8.07. The Balaban J connectivity index is 1.80. The molecule has 0 aliphatic carbocycles. The zero-order chi connectivity index (χ0) is 21.9. The van der Waals surface area contributed by atoms with Crippen LogP contribution in [0.3, 0.4) is 0 Å². The summed E-state index contributed by atoms with van der Waals surface area (Å²) in [7, 11) is 0.643. The summed E-state index contributed by atoms with van der Waals surface area (Å²) in [5.74, 6) is -0.575. The zero-order valence-electron chi connectivity index (χ0n) is 17.9. The number of methoxy groups -OCH3 is 1. The van der Waals surface area contributed by atoms with Gasteiger partial charge in [0.15, 0.2) is 0 Å². The van der Waals surface area contributed by atoms with Gasteiger partial charge in [-0.25, -0.2) is 9.59 Å². The van der Waals surface area contributed by atoms with Gasteiger partial charge in [0.05, 0.1) is 29.6 Å². The molecular weight excluding hydrogens is 385 g/mol. The standard InChI is InChI=1S/C22H26BNO6/c1-21(2)22(3,4)30-23(29-21)16-11-12-17(19(25)27-5)18(13-16)24-20(26)28-14-15-9-7-6-8-10-15/h6-13H,14H2,1-5H3,(H,24,26). The van der Waals surface area contributed by atoms with Gasteiger partial charge in [0.2, 0.25) is 0 Å². The van der Waals surface area contributed by atoms with Gasteiger partial charge < -0.3 is 18.8 Å².